The summed E-state index contributed by atoms with van der Waals surface area (Å²) < 4.78 is 0. The van der Waals surface area contributed by atoms with Crippen LogP contribution in [0.2, 0.25) is 5.02 Å². The predicted molar refractivity (Wildman–Crippen MR) is 83.0 cm³/mol. The lowest BCUT2D eigenvalue weighted by Gasteiger charge is -2.02. The zero-order valence-corrected chi connectivity index (χ0v) is 12.0. The average molecular weight is 291 g/mol. The van der Waals surface area contributed by atoms with Gasteiger partial charge in [-0.1, -0.05) is 35.9 Å². The van der Waals surface area contributed by atoms with E-state index in [4.69, 9.17) is 11.6 Å². The molecule has 3 aromatic rings. The van der Waals surface area contributed by atoms with Gasteiger partial charge in [-0.25, -0.2) is 0 Å². The van der Waals surface area contributed by atoms with Crippen molar-refractivity contribution in [2.45, 2.75) is 13.0 Å². The van der Waals surface area contributed by atoms with E-state index in [9.17, 15) is 0 Å². The Labute approximate surface area is 121 Å². The summed E-state index contributed by atoms with van der Waals surface area (Å²) in [6.45, 7) is 1.74. The highest BCUT2D eigenvalue weighted by atomic mass is 35.5. The van der Waals surface area contributed by atoms with Crippen molar-refractivity contribution in [3.05, 3.63) is 57.4 Å². The Morgan fingerprint density at radius 1 is 1.16 bits per heavy atom. The summed E-state index contributed by atoms with van der Waals surface area (Å²) in [6.07, 6.45) is 1.06. The van der Waals surface area contributed by atoms with Crippen LogP contribution in [0.25, 0.3) is 10.9 Å². The lowest BCUT2D eigenvalue weighted by atomic mass is 10.2. The Hall–Kier alpha value is -1.29. The summed E-state index contributed by atoms with van der Waals surface area (Å²) in [6, 6.07) is 12.4. The lowest BCUT2D eigenvalue weighted by Crippen LogP contribution is -2.16. The first-order chi connectivity index (χ1) is 9.34. The van der Waals surface area contributed by atoms with E-state index in [1.807, 2.05) is 18.2 Å². The Morgan fingerprint density at radius 3 is 2.84 bits per heavy atom. The van der Waals surface area contributed by atoms with Gasteiger partial charge >= 0.3 is 0 Å². The van der Waals surface area contributed by atoms with E-state index >= 15 is 0 Å². The Kier molecular flexibility index (Phi) is 3.87. The molecule has 0 radical (unpaired) electrons. The number of hydrogen-bond acceptors (Lipinski definition) is 2. The van der Waals surface area contributed by atoms with Gasteiger partial charge < -0.3 is 10.3 Å². The predicted octanol–water partition coefficient (Wildman–Crippen LogP) is 4.22. The molecule has 0 saturated heterocycles. The van der Waals surface area contributed by atoms with E-state index in [1.165, 1.54) is 4.88 Å². The van der Waals surface area contributed by atoms with Gasteiger partial charge in [-0.15, -0.1) is 11.3 Å². The minimum Gasteiger partial charge on any atom is -0.356 e. The highest BCUT2D eigenvalue weighted by Crippen LogP contribution is 2.26. The molecular formula is C15H15ClN2S. The van der Waals surface area contributed by atoms with E-state index in [0.29, 0.717) is 0 Å². The molecule has 1 aromatic carbocycles. The molecule has 0 spiro atoms. The summed E-state index contributed by atoms with van der Waals surface area (Å²) >= 11 is 8.17. The van der Waals surface area contributed by atoms with Gasteiger partial charge in [-0.05, 0) is 23.9 Å². The maximum Gasteiger partial charge on any atom is 0.0705 e. The van der Waals surface area contributed by atoms with Gasteiger partial charge in [0.05, 0.1) is 5.02 Å². The minimum absolute atomic E-state index is 0.777. The molecule has 0 saturated carbocycles. The van der Waals surface area contributed by atoms with Gasteiger partial charge in [0.2, 0.25) is 0 Å². The standard InChI is InChI=1S/C15H15ClN2S/c16-15-12-5-1-2-6-13(12)18-14(15)10-17-8-7-11-4-3-9-19-11/h1-6,9,17-18H,7-8,10H2. The molecular weight excluding hydrogens is 276 g/mol. The van der Waals surface area contributed by atoms with Crippen LogP contribution >= 0.6 is 22.9 Å². The third-order valence-corrected chi connectivity index (χ3v) is 4.51. The van der Waals surface area contributed by atoms with Crippen LogP contribution in [-0.4, -0.2) is 11.5 Å². The summed E-state index contributed by atoms with van der Waals surface area (Å²) in [4.78, 5) is 4.78. The molecule has 0 aliphatic heterocycles. The molecule has 0 atom stereocenters. The fourth-order valence-electron chi connectivity index (χ4n) is 2.17. The average Bonchev–Trinajstić information content (AvgIpc) is 3.04. The van der Waals surface area contributed by atoms with Crippen LogP contribution in [0, 0.1) is 0 Å². The van der Waals surface area contributed by atoms with Gasteiger partial charge in [0.1, 0.15) is 0 Å². The SMILES string of the molecule is Clc1c(CNCCc2cccs2)[nH]c2ccccc12. The third kappa shape index (κ3) is 2.84. The van der Waals surface area contributed by atoms with Crippen molar-refractivity contribution >= 4 is 33.8 Å². The van der Waals surface area contributed by atoms with Crippen LogP contribution in [0.15, 0.2) is 41.8 Å². The highest BCUT2D eigenvalue weighted by molar-refractivity contribution is 7.09. The molecule has 2 N–H and O–H groups in total. The second kappa shape index (κ2) is 5.78. The fraction of sp³-hybridized carbons (Fsp3) is 0.200. The molecule has 0 aliphatic carbocycles. The van der Waals surface area contributed by atoms with E-state index < -0.39 is 0 Å². The van der Waals surface area contributed by atoms with Crippen molar-refractivity contribution in [3.8, 4) is 0 Å². The number of H-pyrrole nitrogens is 1. The molecule has 4 heteroatoms. The molecule has 0 bridgehead atoms. The molecule has 0 fully saturated rings. The molecule has 2 heterocycles. The van der Waals surface area contributed by atoms with Crippen molar-refractivity contribution in [2.75, 3.05) is 6.54 Å². The van der Waals surface area contributed by atoms with E-state index in [1.54, 1.807) is 11.3 Å². The number of thiophene rings is 1. The zero-order valence-electron chi connectivity index (χ0n) is 10.4. The monoisotopic (exact) mass is 290 g/mol. The van der Waals surface area contributed by atoms with Crippen LogP contribution in [0.3, 0.4) is 0 Å². The van der Waals surface area contributed by atoms with Crippen molar-refractivity contribution in [2.24, 2.45) is 0 Å². The number of hydrogen-bond donors (Lipinski definition) is 2. The van der Waals surface area contributed by atoms with E-state index in [2.05, 4.69) is 33.9 Å². The second-order valence-corrected chi connectivity index (χ2v) is 5.88. The Bertz CT molecular complexity index is 658. The number of nitrogens with one attached hydrogen (secondary N) is 2. The maximum atomic E-state index is 6.37. The van der Waals surface area contributed by atoms with E-state index in [0.717, 1.165) is 41.1 Å². The molecule has 2 aromatic heterocycles. The number of halogens is 1. The molecule has 0 amide bonds. The van der Waals surface area contributed by atoms with Crippen LogP contribution in [0.5, 0.6) is 0 Å². The lowest BCUT2D eigenvalue weighted by molar-refractivity contribution is 0.682. The van der Waals surface area contributed by atoms with Gasteiger partial charge in [-0.3, -0.25) is 0 Å². The third-order valence-electron chi connectivity index (χ3n) is 3.14. The molecule has 3 rings (SSSR count). The molecule has 0 aliphatic rings. The van der Waals surface area contributed by atoms with Crippen molar-refractivity contribution in [3.63, 3.8) is 0 Å². The highest BCUT2D eigenvalue weighted by Gasteiger charge is 2.07. The van der Waals surface area contributed by atoms with Gasteiger partial charge in [0.25, 0.3) is 0 Å². The number of benzene rings is 1. The number of aromatic nitrogens is 1. The first-order valence-electron chi connectivity index (χ1n) is 6.33. The summed E-state index contributed by atoms with van der Waals surface area (Å²) in [5.74, 6) is 0. The largest absolute Gasteiger partial charge is 0.356 e. The Morgan fingerprint density at radius 2 is 2.05 bits per heavy atom. The maximum absolute atomic E-state index is 6.37. The van der Waals surface area contributed by atoms with Crippen LogP contribution in [0.1, 0.15) is 10.6 Å². The normalized spacial score (nSPS) is 11.2. The summed E-state index contributed by atoms with van der Waals surface area (Å²) in [7, 11) is 0. The molecule has 98 valence electrons. The smallest absolute Gasteiger partial charge is 0.0705 e. The van der Waals surface area contributed by atoms with Crippen LogP contribution in [-0.2, 0) is 13.0 Å². The first kappa shape index (κ1) is 12.7. The van der Waals surface area contributed by atoms with Crippen LogP contribution in [0.4, 0.5) is 0 Å². The van der Waals surface area contributed by atoms with Crippen molar-refractivity contribution < 1.29 is 0 Å². The zero-order chi connectivity index (χ0) is 13.1. The van der Waals surface area contributed by atoms with Crippen molar-refractivity contribution in [1.29, 1.82) is 0 Å². The number of fused-ring (bicyclic) bond motifs is 1. The minimum atomic E-state index is 0.777. The van der Waals surface area contributed by atoms with Crippen molar-refractivity contribution in [1.82, 2.24) is 10.3 Å². The van der Waals surface area contributed by atoms with Crippen LogP contribution < -0.4 is 5.32 Å². The number of aromatic amines is 1. The van der Waals surface area contributed by atoms with Gasteiger partial charge in [0.15, 0.2) is 0 Å². The van der Waals surface area contributed by atoms with Gasteiger partial charge in [-0.2, -0.15) is 0 Å². The topological polar surface area (TPSA) is 27.8 Å². The molecule has 2 nitrogen and oxygen atoms in total. The van der Waals surface area contributed by atoms with Gasteiger partial charge in [0, 0.05) is 34.6 Å². The molecule has 19 heavy (non-hydrogen) atoms. The first-order valence-corrected chi connectivity index (χ1v) is 7.58. The number of rotatable bonds is 5. The second-order valence-electron chi connectivity index (χ2n) is 4.47. The quantitative estimate of drug-likeness (QED) is 0.677. The Balaban J connectivity index is 1.61. The molecule has 0 unspecified atom stereocenters. The fourth-order valence-corrected chi connectivity index (χ4v) is 3.15. The van der Waals surface area contributed by atoms with E-state index in [-0.39, 0.29) is 0 Å². The summed E-state index contributed by atoms with van der Waals surface area (Å²) in [5, 5.41) is 7.48. The summed E-state index contributed by atoms with van der Waals surface area (Å²) in [5.41, 5.74) is 2.16. The number of para-hydroxylation sites is 1.